The van der Waals surface area contributed by atoms with Gasteiger partial charge in [-0.3, -0.25) is 0 Å². The molecule has 0 saturated heterocycles. The van der Waals surface area contributed by atoms with Crippen LogP contribution in [-0.2, 0) is 13.0 Å². The second-order valence-corrected chi connectivity index (χ2v) is 6.00. The fourth-order valence-corrected chi connectivity index (χ4v) is 3.14. The minimum Gasteiger partial charge on any atom is -0.489 e. The maximum absolute atomic E-state index is 5.80. The first-order chi connectivity index (χ1) is 10.8. The predicted octanol–water partition coefficient (Wildman–Crippen LogP) is 1.97. The number of hydrogen-bond donors (Lipinski definition) is 1. The SMILES string of the molecule is Cc1nc2n(n1)C[C@H](NCC1=Cc3ccccc3OC1)CC2. The summed E-state index contributed by atoms with van der Waals surface area (Å²) in [5.41, 5.74) is 2.46. The standard InChI is InChI=1S/C17H20N4O/c1-12-19-17-7-6-15(10-21(17)20-12)18-9-13-8-14-4-2-3-5-16(14)22-11-13/h2-5,8,15,18H,6-7,9-11H2,1H3/t15-/m1/s1. The van der Waals surface area contributed by atoms with Gasteiger partial charge >= 0.3 is 0 Å². The molecule has 0 bridgehead atoms. The van der Waals surface area contributed by atoms with Crippen LogP contribution in [0.4, 0.5) is 0 Å². The molecule has 0 saturated carbocycles. The molecule has 3 heterocycles. The minimum absolute atomic E-state index is 0.451. The van der Waals surface area contributed by atoms with Crippen molar-refractivity contribution in [3.8, 4) is 5.75 Å². The zero-order chi connectivity index (χ0) is 14.9. The number of nitrogens with one attached hydrogen (secondary N) is 1. The number of fused-ring (bicyclic) bond motifs is 2. The lowest BCUT2D eigenvalue weighted by Gasteiger charge is -2.25. The Balaban J connectivity index is 1.39. The zero-order valence-corrected chi connectivity index (χ0v) is 12.7. The average Bonchev–Trinajstić information content (AvgIpc) is 2.92. The summed E-state index contributed by atoms with van der Waals surface area (Å²) in [4.78, 5) is 4.45. The third-order valence-electron chi connectivity index (χ3n) is 4.27. The molecule has 1 atom stereocenters. The van der Waals surface area contributed by atoms with E-state index in [-0.39, 0.29) is 0 Å². The molecule has 0 radical (unpaired) electrons. The van der Waals surface area contributed by atoms with Crippen LogP contribution in [0.3, 0.4) is 0 Å². The molecule has 2 aliphatic heterocycles. The summed E-state index contributed by atoms with van der Waals surface area (Å²) >= 11 is 0. The predicted molar refractivity (Wildman–Crippen MR) is 84.8 cm³/mol. The lowest BCUT2D eigenvalue weighted by atomic mass is 10.1. The van der Waals surface area contributed by atoms with Gasteiger partial charge in [0.1, 0.15) is 24.0 Å². The molecule has 0 aliphatic carbocycles. The number of benzene rings is 1. The van der Waals surface area contributed by atoms with Gasteiger partial charge in [0, 0.05) is 24.6 Å². The summed E-state index contributed by atoms with van der Waals surface area (Å²) in [6.45, 7) is 4.39. The highest BCUT2D eigenvalue weighted by Gasteiger charge is 2.21. The van der Waals surface area contributed by atoms with Crippen molar-refractivity contribution in [1.29, 1.82) is 0 Å². The molecule has 1 N–H and O–H groups in total. The quantitative estimate of drug-likeness (QED) is 0.941. The highest BCUT2D eigenvalue weighted by atomic mass is 16.5. The normalized spacial score (nSPS) is 19.9. The van der Waals surface area contributed by atoms with Crippen LogP contribution in [0.15, 0.2) is 29.8 Å². The van der Waals surface area contributed by atoms with Gasteiger partial charge in [-0.25, -0.2) is 9.67 Å². The van der Waals surface area contributed by atoms with Crippen LogP contribution in [0.25, 0.3) is 6.08 Å². The Morgan fingerprint density at radius 2 is 2.27 bits per heavy atom. The summed E-state index contributed by atoms with van der Waals surface area (Å²) in [7, 11) is 0. The van der Waals surface area contributed by atoms with Crippen molar-refractivity contribution in [3.05, 3.63) is 47.1 Å². The molecule has 2 aliphatic rings. The molecule has 22 heavy (non-hydrogen) atoms. The molecule has 1 aromatic carbocycles. The molecule has 5 heteroatoms. The van der Waals surface area contributed by atoms with Gasteiger partial charge in [0.15, 0.2) is 0 Å². The van der Waals surface area contributed by atoms with Crippen molar-refractivity contribution in [1.82, 2.24) is 20.1 Å². The van der Waals surface area contributed by atoms with Gasteiger partial charge in [0.2, 0.25) is 0 Å². The Hall–Kier alpha value is -2.14. The van der Waals surface area contributed by atoms with Crippen LogP contribution in [0.1, 0.15) is 23.6 Å². The summed E-state index contributed by atoms with van der Waals surface area (Å²) < 4.78 is 7.84. The molecule has 0 amide bonds. The van der Waals surface area contributed by atoms with Gasteiger partial charge in [-0.15, -0.1) is 0 Å². The van der Waals surface area contributed by atoms with E-state index in [9.17, 15) is 0 Å². The lowest BCUT2D eigenvalue weighted by molar-refractivity contribution is 0.330. The third-order valence-corrected chi connectivity index (χ3v) is 4.27. The fourth-order valence-electron chi connectivity index (χ4n) is 3.14. The minimum atomic E-state index is 0.451. The van der Waals surface area contributed by atoms with E-state index in [0.717, 1.165) is 43.3 Å². The maximum Gasteiger partial charge on any atom is 0.147 e. The highest BCUT2D eigenvalue weighted by molar-refractivity contribution is 5.62. The second-order valence-electron chi connectivity index (χ2n) is 6.00. The van der Waals surface area contributed by atoms with Crippen molar-refractivity contribution < 1.29 is 4.74 Å². The van der Waals surface area contributed by atoms with Crippen LogP contribution >= 0.6 is 0 Å². The molecule has 5 nitrogen and oxygen atoms in total. The number of para-hydroxylation sites is 1. The topological polar surface area (TPSA) is 52.0 Å². The smallest absolute Gasteiger partial charge is 0.147 e. The van der Waals surface area contributed by atoms with E-state index >= 15 is 0 Å². The van der Waals surface area contributed by atoms with Gasteiger partial charge < -0.3 is 10.1 Å². The molecular weight excluding hydrogens is 276 g/mol. The van der Waals surface area contributed by atoms with Gasteiger partial charge in [-0.05, 0) is 31.1 Å². The number of aromatic nitrogens is 3. The van der Waals surface area contributed by atoms with Gasteiger partial charge in [0.25, 0.3) is 0 Å². The van der Waals surface area contributed by atoms with Crippen LogP contribution in [-0.4, -0.2) is 34.0 Å². The number of ether oxygens (including phenoxy) is 1. The monoisotopic (exact) mass is 296 g/mol. The highest BCUT2D eigenvalue weighted by Crippen LogP contribution is 2.25. The number of hydrogen-bond acceptors (Lipinski definition) is 4. The van der Waals surface area contributed by atoms with Crippen molar-refractivity contribution in [2.45, 2.75) is 32.4 Å². The zero-order valence-electron chi connectivity index (χ0n) is 12.7. The first kappa shape index (κ1) is 13.5. The van der Waals surface area contributed by atoms with Crippen LogP contribution in [0, 0.1) is 6.92 Å². The number of rotatable bonds is 3. The number of aryl methyl sites for hydroxylation is 2. The van der Waals surface area contributed by atoms with E-state index < -0.39 is 0 Å². The summed E-state index contributed by atoms with van der Waals surface area (Å²) in [5, 5.41) is 8.09. The Bertz CT molecular complexity index is 719. The van der Waals surface area contributed by atoms with Crippen LogP contribution in [0.5, 0.6) is 5.75 Å². The van der Waals surface area contributed by atoms with Crippen molar-refractivity contribution in [2.75, 3.05) is 13.2 Å². The molecule has 114 valence electrons. The van der Waals surface area contributed by atoms with Crippen LogP contribution in [0.2, 0.25) is 0 Å². The van der Waals surface area contributed by atoms with E-state index in [4.69, 9.17) is 4.74 Å². The maximum atomic E-state index is 5.80. The van der Waals surface area contributed by atoms with Gasteiger partial charge in [0.05, 0.1) is 6.54 Å². The fraction of sp³-hybridized carbons (Fsp3) is 0.412. The van der Waals surface area contributed by atoms with Gasteiger partial charge in [-0.1, -0.05) is 18.2 Å². The van der Waals surface area contributed by atoms with Crippen molar-refractivity contribution in [3.63, 3.8) is 0 Å². The second kappa shape index (κ2) is 5.57. The molecule has 0 spiro atoms. The van der Waals surface area contributed by atoms with E-state index in [2.05, 4.69) is 27.5 Å². The first-order valence-electron chi connectivity index (χ1n) is 7.83. The Labute approximate surface area is 130 Å². The van der Waals surface area contributed by atoms with Crippen molar-refractivity contribution in [2.24, 2.45) is 0 Å². The molecule has 2 aromatic rings. The molecular formula is C17H20N4O. The first-order valence-corrected chi connectivity index (χ1v) is 7.83. The van der Waals surface area contributed by atoms with E-state index in [1.54, 1.807) is 0 Å². The molecule has 4 rings (SSSR count). The van der Waals surface area contributed by atoms with Crippen molar-refractivity contribution >= 4 is 6.08 Å². The Morgan fingerprint density at radius 3 is 3.23 bits per heavy atom. The number of nitrogens with zero attached hydrogens (tertiary/aromatic N) is 3. The molecule has 0 unspecified atom stereocenters. The lowest BCUT2D eigenvalue weighted by Crippen LogP contribution is -2.39. The largest absolute Gasteiger partial charge is 0.489 e. The molecule has 0 fully saturated rings. The third kappa shape index (κ3) is 2.64. The Kier molecular flexibility index (Phi) is 3.42. The summed E-state index contributed by atoms with van der Waals surface area (Å²) in [6.07, 6.45) is 4.35. The van der Waals surface area contributed by atoms with Crippen LogP contribution < -0.4 is 10.1 Å². The average molecular weight is 296 g/mol. The molecule has 1 aromatic heterocycles. The van der Waals surface area contributed by atoms with E-state index in [0.29, 0.717) is 12.6 Å². The Morgan fingerprint density at radius 1 is 1.36 bits per heavy atom. The van der Waals surface area contributed by atoms with E-state index in [1.807, 2.05) is 29.8 Å². The summed E-state index contributed by atoms with van der Waals surface area (Å²) in [5.74, 6) is 2.96. The van der Waals surface area contributed by atoms with Gasteiger partial charge in [-0.2, -0.15) is 5.10 Å². The summed E-state index contributed by atoms with van der Waals surface area (Å²) in [6, 6.07) is 8.62. The van der Waals surface area contributed by atoms with E-state index in [1.165, 1.54) is 11.1 Å².